The number of hydrogen-bond acceptors (Lipinski definition) is 3. The number of amides is 1. The van der Waals surface area contributed by atoms with E-state index in [4.69, 9.17) is 5.73 Å². The molecule has 0 saturated heterocycles. The number of hydrogen-bond donors (Lipinski definition) is 2. The van der Waals surface area contributed by atoms with Gasteiger partial charge >= 0.3 is 0 Å². The van der Waals surface area contributed by atoms with Crippen molar-refractivity contribution in [2.45, 2.75) is 57.4 Å². The number of nitrogens with zero attached hydrogens (tertiary/aromatic N) is 2. The Kier molecular flexibility index (Phi) is 4.58. The Morgan fingerprint density at radius 1 is 1.53 bits per heavy atom. The highest BCUT2D eigenvalue weighted by Gasteiger charge is 2.19. The van der Waals surface area contributed by atoms with E-state index < -0.39 is 0 Å². The van der Waals surface area contributed by atoms with Gasteiger partial charge in [0.1, 0.15) is 5.82 Å². The van der Waals surface area contributed by atoms with Gasteiger partial charge in [-0.2, -0.15) is 5.10 Å². The first-order valence-corrected chi connectivity index (χ1v) is 7.15. The summed E-state index contributed by atoms with van der Waals surface area (Å²) in [5.41, 5.74) is 6.73. The van der Waals surface area contributed by atoms with Crippen molar-refractivity contribution in [3.63, 3.8) is 0 Å². The van der Waals surface area contributed by atoms with Crippen LogP contribution in [0.3, 0.4) is 0 Å². The molecule has 106 valence electrons. The van der Waals surface area contributed by atoms with E-state index in [0.29, 0.717) is 12.3 Å². The van der Waals surface area contributed by atoms with Crippen LogP contribution in [0.2, 0.25) is 0 Å². The molecule has 1 aliphatic carbocycles. The fourth-order valence-electron chi connectivity index (χ4n) is 2.69. The fraction of sp³-hybridized carbons (Fsp3) is 0.714. The molecule has 0 spiro atoms. The average molecular weight is 264 g/mol. The van der Waals surface area contributed by atoms with Crippen molar-refractivity contribution < 1.29 is 4.79 Å². The van der Waals surface area contributed by atoms with E-state index in [9.17, 15) is 4.79 Å². The monoisotopic (exact) mass is 264 g/mol. The summed E-state index contributed by atoms with van der Waals surface area (Å²) in [6.07, 6.45) is 6.67. The summed E-state index contributed by atoms with van der Waals surface area (Å²) in [6.45, 7) is 1.83. The lowest BCUT2D eigenvalue weighted by Crippen LogP contribution is -2.24. The van der Waals surface area contributed by atoms with E-state index in [2.05, 4.69) is 10.4 Å². The zero-order valence-corrected chi connectivity index (χ0v) is 11.9. The zero-order valence-electron chi connectivity index (χ0n) is 11.9. The molecule has 1 heterocycles. The van der Waals surface area contributed by atoms with E-state index in [0.717, 1.165) is 11.5 Å². The molecule has 0 aromatic carbocycles. The Hall–Kier alpha value is -1.36. The minimum atomic E-state index is -0.119. The van der Waals surface area contributed by atoms with Crippen molar-refractivity contribution in [1.29, 1.82) is 0 Å². The van der Waals surface area contributed by atoms with Gasteiger partial charge in [-0.15, -0.1) is 0 Å². The third-order valence-electron chi connectivity index (χ3n) is 3.70. The van der Waals surface area contributed by atoms with Gasteiger partial charge in [0.2, 0.25) is 5.91 Å². The predicted molar refractivity (Wildman–Crippen MR) is 75.9 cm³/mol. The number of anilines is 1. The molecule has 5 heteroatoms. The third-order valence-corrected chi connectivity index (χ3v) is 3.70. The van der Waals surface area contributed by atoms with Crippen molar-refractivity contribution in [3.05, 3.63) is 11.8 Å². The molecule has 1 saturated carbocycles. The topological polar surface area (TPSA) is 72.9 Å². The maximum Gasteiger partial charge on any atom is 0.227 e. The van der Waals surface area contributed by atoms with Gasteiger partial charge in [-0.25, -0.2) is 0 Å². The molecule has 1 atom stereocenters. The zero-order chi connectivity index (χ0) is 13.8. The Balaban J connectivity index is 2.01. The van der Waals surface area contributed by atoms with E-state index >= 15 is 0 Å². The second kappa shape index (κ2) is 6.19. The summed E-state index contributed by atoms with van der Waals surface area (Å²) in [7, 11) is 1.87. The second-order valence-corrected chi connectivity index (χ2v) is 5.64. The largest absolute Gasteiger partial charge is 0.327 e. The molecular formula is C14H24N4O. The molecule has 3 N–H and O–H groups in total. The number of nitrogens with two attached hydrogens (primary N) is 1. The summed E-state index contributed by atoms with van der Waals surface area (Å²) in [4.78, 5) is 11.7. The van der Waals surface area contributed by atoms with Gasteiger partial charge in [0.15, 0.2) is 0 Å². The van der Waals surface area contributed by atoms with E-state index in [1.807, 2.05) is 20.0 Å². The Labute approximate surface area is 114 Å². The van der Waals surface area contributed by atoms with Crippen LogP contribution in [-0.2, 0) is 11.8 Å². The second-order valence-electron chi connectivity index (χ2n) is 5.64. The molecule has 0 radical (unpaired) electrons. The van der Waals surface area contributed by atoms with Crippen LogP contribution in [0.4, 0.5) is 5.82 Å². The lowest BCUT2D eigenvalue weighted by atomic mass is 9.87. The normalized spacial score (nSPS) is 18.3. The van der Waals surface area contributed by atoms with Gasteiger partial charge in [-0.1, -0.05) is 19.3 Å². The number of carbonyl (C=O) groups is 1. The molecule has 0 bridgehead atoms. The first-order valence-electron chi connectivity index (χ1n) is 7.15. The molecule has 1 fully saturated rings. The first kappa shape index (κ1) is 14.1. The molecule has 1 amide bonds. The molecule has 1 aromatic heterocycles. The maximum absolute atomic E-state index is 11.7. The summed E-state index contributed by atoms with van der Waals surface area (Å²) in [5, 5.41) is 7.42. The average Bonchev–Trinajstić information content (AvgIpc) is 2.71. The standard InChI is InChI=1S/C14H24N4O/c1-10(15)8-14(19)16-13-9-12(17-18(13)2)11-6-4-3-5-7-11/h9-11H,3-8,15H2,1-2H3,(H,16,19). The van der Waals surface area contributed by atoms with Crippen LogP contribution in [0, 0.1) is 0 Å². The van der Waals surface area contributed by atoms with Crippen LogP contribution in [0.5, 0.6) is 0 Å². The van der Waals surface area contributed by atoms with Crippen LogP contribution in [-0.4, -0.2) is 21.7 Å². The number of carbonyl (C=O) groups excluding carboxylic acids is 1. The molecule has 2 rings (SSSR count). The van der Waals surface area contributed by atoms with Gasteiger partial charge in [0.05, 0.1) is 5.69 Å². The third kappa shape index (κ3) is 3.80. The predicted octanol–water partition coefficient (Wildman–Crippen LogP) is 2.14. The summed E-state index contributed by atoms with van der Waals surface area (Å²) in [6, 6.07) is 1.89. The summed E-state index contributed by atoms with van der Waals surface area (Å²) in [5.74, 6) is 1.28. The van der Waals surface area contributed by atoms with Gasteiger partial charge in [0, 0.05) is 31.5 Å². The molecule has 1 aromatic rings. The SMILES string of the molecule is CC(N)CC(=O)Nc1cc(C2CCCCC2)nn1C. The highest BCUT2D eigenvalue weighted by Crippen LogP contribution is 2.32. The van der Waals surface area contributed by atoms with Crippen LogP contribution in [0.15, 0.2) is 6.07 Å². The Morgan fingerprint density at radius 2 is 2.21 bits per heavy atom. The van der Waals surface area contributed by atoms with Crippen molar-refractivity contribution in [3.8, 4) is 0 Å². The minimum Gasteiger partial charge on any atom is -0.327 e. The maximum atomic E-state index is 11.7. The number of aryl methyl sites for hydroxylation is 1. The van der Waals surface area contributed by atoms with Gasteiger partial charge in [0.25, 0.3) is 0 Å². The molecule has 1 unspecified atom stereocenters. The summed E-state index contributed by atoms with van der Waals surface area (Å²) < 4.78 is 1.75. The van der Waals surface area contributed by atoms with E-state index in [1.165, 1.54) is 32.1 Å². The van der Waals surface area contributed by atoms with Crippen LogP contribution in [0.1, 0.15) is 57.1 Å². The highest BCUT2D eigenvalue weighted by molar-refractivity contribution is 5.90. The quantitative estimate of drug-likeness (QED) is 0.875. The number of nitrogens with one attached hydrogen (secondary N) is 1. The number of aromatic nitrogens is 2. The first-order chi connectivity index (χ1) is 9.06. The van der Waals surface area contributed by atoms with Crippen LogP contribution >= 0.6 is 0 Å². The smallest absolute Gasteiger partial charge is 0.227 e. The van der Waals surface area contributed by atoms with Crippen LogP contribution < -0.4 is 11.1 Å². The van der Waals surface area contributed by atoms with Crippen molar-refractivity contribution >= 4 is 11.7 Å². The molecule has 1 aliphatic rings. The highest BCUT2D eigenvalue weighted by atomic mass is 16.1. The lowest BCUT2D eigenvalue weighted by Gasteiger charge is -2.19. The Morgan fingerprint density at radius 3 is 2.84 bits per heavy atom. The van der Waals surface area contributed by atoms with Crippen molar-refractivity contribution in [2.24, 2.45) is 12.8 Å². The van der Waals surface area contributed by atoms with Gasteiger partial charge in [-0.05, 0) is 19.8 Å². The van der Waals surface area contributed by atoms with Gasteiger partial charge < -0.3 is 11.1 Å². The minimum absolute atomic E-state index is 0.0480. The lowest BCUT2D eigenvalue weighted by molar-refractivity contribution is -0.116. The number of rotatable bonds is 4. The van der Waals surface area contributed by atoms with E-state index in [-0.39, 0.29) is 11.9 Å². The summed E-state index contributed by atoms with van der Waals surface area (Å²) >= 11 is 0. The molecular weight excluding hydrogens is 240 g/mol. The molecule has 19 heavy (non-hydrogen) atoms. The van der Waals surface area contributed by atoms with Crippen LogP contribution in [0.25, 0.3) is 0 Å². The fourth-order valence-corrected chi connectivity index (χ4v) is 2.69. The van der Waals surface area contributed by atoms with E-state index in [1.54, 1.807) is 4.68 Å². The van der Waals surface area contributed by atoms with Gasteiger partial charge in [-0.3, -0.25) is 9.48 Å². The van der Waals surface area contributed by atoms with Crippen molar-refractivity contribution in [2.75, 3.05) is 5.32 Å². The molecule has 5 nitrogen and oxygen atoms in total. The van der Waals surface area contributed by atoms with Crippen molar-refractivity contribution in [1.82, 2.24) is 9.78 Å². The molecule has 0 aliphatic heterocycles. The Bertz CT molecular complexity index is 433.